The first-order valence-electron chi connectivity index (χ1n) is 4.19. The van der Waals surface area contributed by atoms with E-state index in [2.05, 4.69) is 21.8 Å². The van der Waals surface area contributed by atoms with Crippen molar-refractivity contribution in [3.05, 3.63) is 23.8 Å². The van der Waals surface area contributed by atoms with Gasteiger partial charge in [-0.25, -0.2) is 14.8 Å². The lowest BCUT2D eigenvalue weighted by atomic mass is 10.3. The van der Waals surface area contributed by atoms with E-state index in [1.165, 1.54) is 12.4 Å². The first-order valence-corrected chi connectivity index (χ1v) is 4.19. The Bertz CT molecular complexity index is 373. The zero-order chi connectivity index (χ0) is 10.4. The van der Waals surface area contributed by atoms with Gasteiger partial charge in [-0.2, -0.15) is 0 Å². The molecule has 0 radical (unpaired) electrons. The number of carbonyl (C=O) groups excluding carboxylic acids is 1. The van der Waals surface area contributed by atoms with Gasteiger partial charge < -0.3 is 4.74 Å². The van der Waals surface area contributed by atoms with Crippen LogP contribution < -0.4 is 0 Å². The van der Waals surface area contributed by atoms with Gasteiger partial charge in [-0.3, -0.25) is 0 Å². The van der Waals surface area contributed by atoms with Crippen LogP contribution in [0.2, 0.25) is 0 Å². The second-order valence-electron chi connectivity index (χ2n) is 2.39. The van der Waals surface area contributed by atoms with Gasteiger partial charge in [0.15, 0.2) is 0 Å². The lowest BCUT2D eigenvalue weighted by Crippen LogP contribution is -2.06. The zero-order valence-corrected chi connectivity index (χ0v) is 8.07. The molecule has 4 heteroatoms. The molecule has 1 rings (SSSR count). The van der Waals surface area contributed by atoms with Gasteiger partial charge in [-0.15, -0.1) is 0 Å². The molecule has 0 aromatic carbocycles. The summed E-state index contributed by atoms with van der Waals surface area (Å²) in [4.78, 5) is 18.9. The van der Waals surface area contributed by atoms with Crippen molar-refractivity contribution >= 4 is 5.97 Å². The van der Waals surface area contributed by atoms with E-state index < -0.39 is 5.97 Å². The minimum atomic E-state index is -0.413. The predicted octanol–water partition coefficient (Wildman–Crippen LogP) is 1.02. The summed E-state index contributed by atoms with van der Waals surface area (Å²) in [5.41, 5.74) is 0.341. The molecule has 1 aromatic rings. The highest BCUT2D eigenvalue weighted by Crippen LogP contribution is 1.98. The molecule has 0 saturated carbocycles. The molecule has 72 valence electrons. The van der Waals surface area contributed by atoms with Gasteiger partial charge in [0.05, 0.1) is 12.2 Å². The summed E-state index contributed by atoms with van der Waals surface area (Å²) in [6, 6.07) is 0. The van der Waals surface area contributed by atoms with Crippen LogP contribution in [0, 0.1) is 11.8 Å². The molecule has 0 fully saturated rings. The van der Waals surface area contributed by atoms with Crippen molar-refractivity contribution in [3.8, 4) is 11.8 Å². The van der Waals surface area contributed by atoms with Crippen molar-refractivity contribution in [3.63, 3.8) is 0 Å². The Hall–Kier alpha value is -1.89. The lowest BCUT2D eigenvalue weighted by Gasteiger charge is -1.99. The summed E-state index contributed by atoms with van der Waals surface area (Å²) >= 11 is 0. The first kappa shape index (κ1) is 10.2. The van der Waals surface area contributed by atoms with Crippen molar-refractivity contribution in [2.45, 2.75) is 13.8 Å². The molecule has 0 amide bonds. The van der Waals surface area contributed by atoms with Crippen molar-refractivity contribution in [2.24, 2.45) is 0 Å². The fraction of sp³-hybridized carbons (Fsp3) is 0.300. The van der Waals surface area contributed by atoms with Crippen molar-refractivity contribution in [1.29, 1.82) is 0 Å². The van der Waals surface area contributed by atoms with E-state index in [1.54, 1.807) is 13.8 Å². The maximum absolute atomic E-state index is 11.2. The average Bonchev–Trinajstić information content (AvgIpc) is 2.20. The minimum Gasteiger partial charge on any atom is -0.462 e. The van der Waals surface area contributed by atoms with E-state index in [0.29, 0.717) is 18.0 Å². The van der Waals surface area contributed by atoms with E-state index >= 15 is 0 Å². The van der Waals surface area contributed by atoms with Gasteiger partial charge >= 0.3 is 5.97 Å². The molecular formula is C10H10N2O2. The zero-order valence-electron chi connectivity index (χ0n) is 8.07. The van der Waals surface area contributed by atoms with Crippen LogP contribution >= 0.6 is 0 Å². The third-order valence-electron chi connectivity index (χ3n) is 1.40. The van der Waals surface area contributed by atoms with E-state index in [1.807, 2.05) is 0 Å². The van der Waals surface area contributed by atoms with Crippen LogP contribution in [0.3, 0.4) is 0 Å². The fourth-order valence-corrected chi connectivity index (χ4v) is 0.824. The minimum absolute atomic E-state index is 0.341. The number of aromatic nitrogens is 2. The molecule has 0 bridgehead atoms. The van der Waals surface area contributed by atoms with Gasteiger partial charge in [-0.05, 0) is 19.8 Å². The standard InChI is InChI=1S/C10H10N2O2/c1-3-5-9-11-6-8(7-12-9)10(13)14-4-2/h6-7H,4H2,1-2H3. The largest absolute Gasteiger partial charge is 0.462 e. The second kappa shape index (κ2) is 4.97. The highest BCUT2D eigenvalue weighted by atomic mass is 16.5. The van der Waals surface area contributed by atoms with Crippen molar-refractivity contribution < 1.29 is 9.53 Å². The van der Waals surface area contributed by atoms with Crippen LogP contribution in [0.5, 0.6) is 0 Å². The van der Waals surface area contributed by atoms with Gasteiger partial charge in [0.25, 0.3) is 0 Å². The normalized spacial score (nSPS) is 8.71. The molecular weight excluding hydrogens is 180 g/mol. The summed E-state index contributed by atoms with van der Waals surface area (Å²) in [7, 11) is 0. The molecule has 0 spiro atoms. The van der Waals surface area contributed by atoms with Crippen LogP contribution in [-0.4, -0.2) is 22.5 Å². The third-order valence-corrected chi connectivity index (χ3v) is 1.40. The summed E-state index contributed by atoms with van der Waals surface area (Å²) in [5, 5.41) is 0. The maximum Gasteiger partial charge on any atom is 0.341 e. The molecule has 0 atom stereocenters. The average molecular weight is 190 g/mol. The Morgan fingerprint density at radius 1 is 1.50 bits per heavy atom. The Balaban J connectivity index is 2.81. The highest BCUT2D eigenvalue weighted by Gasteiger charge is 2.06. The van der Waals surface area contributed by atoms with Crippen molar-refractivity contribution in [2.75, 3.05) is 6.61 Å². The van der Waals surface area contributed by atoms with Crippen LogP contribution in [0.1, 0.15) is 30.0 Å². The number of rotatable bonds is 2. The number of hydrogen-bond donors (Lipinski definition) is 0. The summed E-state index contributed by atoms with van der Waals surface area (Å²) in [6.45, 7) is 3.79. The van der Waals surface area contributed by atoms with E-state index in [0.717, 1.165) is 0 Å². The number of nitrogens with zero attached hydrogens (tertiary/aromatic N) is 2. The van der Waals surface area contributed by atoms with Crippen molar-refractivity contribution in [1.82, 2.24) is 9.97 Å². The number of hydrogen-bond acceptors (Lipinski definition) is 4. The Morgan fingerprint density at radius 2 is 2.14 bits per heavy atom. The molecule has 0 aliphatic rings. The van der Waals surface area contributed by atoms with Crippen LogP contribution in [0.25, 0.3) is 0 Å². The SMILES string of the molecule is CC#Cc1ncc(C(=O)OCC)cn1. The molecule has 1 aromatic heterocycles. The molecule has 14 heavy (non-hydrogen) atoms. The fourth-order valence-electron chi connectivity index (χ4n) is 0.824. The van der Waals surface area contributed by atoms with Gasteiger partial charge in [0.2, 0.25) is 5.82 Å². The summed E-state index contributed by atoms with van der Waals surface area (Å²) < 4.78 is 4.77. The third kappa shape index (κ3) is 2.56. The van der Waals surface area contributed by atoms with E-state index in [9.17, 15) is 4.79 Å². The van der Waals surface area contributed by atoms with Crippen LogP contribution in [0.4, 0.5) is 0 Å². The summed E-state index contributed by atoms with van der Waals surface area (Å²) in [5.74, 6) is 5.34. The van der Waals surface area contributed by atoms with Crippen LogP contribution in [0.15, 0.2) is 12.4 Å². The molecule has 0 aliphatic heterocycles. The lowest BCUT2D eigenvalue weighted by molar-refractivity contribution is 0.0525. The van der Waals surface area contributed by atoms with E-state index in [-0.39, 0.29) is 0 Å². The number of esters is 1. The summed E-state index contributed by atoms with van der Waals surface area (Å²) in [6.07, 6.45) is 2.81. The smallest absolute Gasteiger partial charge is 0.341 e. The second-order valence-corrected chi connectivity index (χ2v) is 2.39. The van der Waals surface area contributed by atoms with Gasteiger partial charge in [0.1, 0.15) is 0 Å². The molecule has 0 unspecified atom stereocenters. The van der Waals surface area contributed by atoms with Crippen LogP contribution in [-0.2, 0) is 4.74 Å². The Morgan fingerprint density at radius 3 is 2.64 bits per heavy atom. The Labute approximate surface area is 82.3 Å². The maximum atomic E-state index is 11.2. The van der Waals surface area contributed by atoms with E-state index in [4.69, 9.17) is 4.74 Å². The van der Waals surface area contributed by atoms with Gasteiger partial charge in [-0.1, -0.05) is 5.92 Å². The number of carbonyl (C=O) groups is 1. The topological polar surface area (TPSA) is 52.1 Å². The molecule has 0 N–H and O–H groups in total. The quantitative estimate of drug-likeness (QED) is 0.516. The highest BCUT2D eigenvalue weighted by molar-refractivity contribution is 5.88. The van der Waals surface area contributed by atoms with Gasteiger partial charge in [0, 0.05) is 12.4 Å². The Kier molecular flexibility index (Phi) is 3.62. The molecule has 0 saturated heterocycles. The first-order chi connectivity index (χ1) is 6.77. The number of ether oxygens (including phenoxy) is 1. The molecule has 0 aliphatic carbocycles. The molecule has 1 heterocycles. The molecule has 4 nitrogen and oxygen atoms in total. The predicted molar refractivity (Wildman–Crippen MR) is 50.5 cm³/mol. The monoisotopic (exact) mass is 190 g/mol.